The lowest BCUT2D eigenvalue weighted by atomic mass is 9.65. The van der Waals surface area contributed by atoms with Crippen molar-refractivity contribution in [2.24, 2.45) is 29.4 Å². The van der Waals surface area contributed by atoms with Crippen molar-refractivity contribution >= 4 is 18.3 Å². The average Bonchev–Trinajstić information content (AvgIpc) is 3.22. The third-order valence-electron chi connectivity index (χ3n) is 5.38. The number of rotatable bonds is 6. The van der Waals surface area contributed by atoms with E-state index in [0.717, 1.165) is 25.4 Å². The third kappa shape index (κ3) is 4.57. The molecule has 1 amide bonds. The second kappa shape index (κ2) is 7.80. The van der Waals surface area contributed by atoms with Crippen LogP contribution in [0.3, 0.4) is 0 Å². The lowest BCUT2D eigenvalue weighted by Crippen LogP contribution is -2.49. The molecule has 2 bridgehead atoms. The molecule has 0 aromatic heterocycles. The van der Waals surface area contributed by atoms with Crippen LogP contribution in [-0.4, -0.2) is 31.7 Å². The zero-order valence-electron chi connectivity index (χ0n) is 12.8. The summed E-state index contributed by atoms with van der Waals surface area (Å²) in [5.74, 6) is 2.36. The molecule has 0 aromatic carbocycles. The fourth-order valence-corrected chi connectivity index (χ4v) is 3.93. The number of nitrogens with one attached hydrogen (secondary N) is 1. The van der Waals surface area contributed by atoms with Gasteiger partial charge in [-0.2, -0.15) is 0 Å². The molecule has 4 nitrogen and oxygen atoms in total. The molecule has 0 heterocycles. The molecule has 122 valence electrons. The van der Waals surface area contributed by atoms with Crippen molar-refractivity contribution in [3.8, 4) is 0 Å². The summed E-state index contributed by atoms with van der Waals surface area (Å²) in [6.45, 7) is 2.18. The van der Waals surface area contributed by atoms with E-state index in [0.29, 0.717) is 31.0 Å². The quantitative estimate of drug-likeness (QED) is 0.738. The van der Waals surface area contributed by atoms with Crippen molar-refractivity contribution in [1.82, 2.24) is 5.32 Å². The highest BCUT2D eigenvalue weighted by Gasteiger charge is 2.40. The lowest BCUT2D eigenvalue weighted by molar-refractivity contribution is -0.128. The number of amides is 1. The maximum absolute atomic E-state index is 12.2. The number of ether oxygens (including phenoxy) is 1. The van der Waals surface area contributed by atoms with Crippen LogP contribution in [0.4, 0.5) is 0 Å². The van der Waals surface area contributed by atoms with Gasteiger partial charge in [0.2, 0.25) is 5.91 Å². The Kier molecular flexibility index (Phi) is 6.33. The Labute approximate surface area is 134 Å². The van der Waals surface area contributed by atoms with Crippen LogP contribution in [0.15, 0.2) is 0 Å². The molecule has 0 saturated heterocycles. The Bertz CT molecular complexity index is 335. The summed E-state index contributed by atoms with van der Waals surface area (Å²) in [7, 11) is 0. The highest BCUT2D eigenvalue weighted by Crippen LogP contribution is 2.41. The van der Waals surface area contributed by atoms with Crippen molar-refractivity contribution in [1.29, 1.82) is 0 Å². The van der Waals surface area contributed by atoms with Crippen LogP contribution in [0.1, 0.15) is 44.9 Å². The molecular weight excluding hydrogens is 288 g/mol. The summed E-state index contributed by atoms with van der Waals surface area (Å²) < 4.78 is 5.55. The first-order valence-electron chi connectivity index (χ1n) is 8.35. The summed E-state index contributed by atoms with van der Waals surface area (Å²) in [6.07, 6.45) is 8.35. The largest absolute Gasteiger partial charge is 0.379 e. The lowest BCUT2D eigenvalue weighted by Gasteiger charge is -2.43. The highest BCUT2D eigenvalue weighted by molar-refractivity contribution is 5.85. The molecule has 3 N–H and O–H groups in total. The summed E-state index contributed by atoms with van der Waals surface area (Å²) in [4.78, 5) is 12.2. The van der Waals surface area contributed by atoms with Gasteiger partial charge in [-0.1, -0.05) is 6.42 Å². The van der Waals surface area contributed by atoms with Crippen LogP contribution in [0.2, 0.25) is 0 Å². The van der Waals surface area contributed by atoms with E-state index in [2.05, 4.69) is 5.32 Å². The van der Waals surface area contributed by atoms with E-state index in [1.54, 1.807) is 0 Å². The predicted octanol–water partition coefficient (Wildman–Crippen LogP) is 2.10. The van der Waals surface area contributed by atoms with Gasteiger partial charge in [-0.15, -0.1) is 12.4 Å². The predicted molar refractivity (Wildman–Crippen MR) is 85.3 cm³/mol. The minimum atomic E-state index is 0. The van der Waals surface area contributed by atoms with Gasteiger partial charge in [0.05, 0.1) is 6.61 Å². The van der Waals surface area contributed by atoms with Gasteiger partial charge in [-0.3, -0.25) is 4.79 Å². The minimum absolute atomic E-state index is 0. The summed E-state index contributed by atoms with van der Waals surface area (Å²) in [5.41, 5.74) is 6.27. The van der Waals surface area contributed by atoms with Crippen LogP contribution >= 0.6 is 12.4 Å². The van der Waals surface area contributed by atoms with Crippen LogP contribution in [0.5, 0.6) is 0 Å². The molecule has 5 heteroatoms. The minimum Gasteiger partial charge on any atom is -0.379 e. The number of carbonyl (C=O) groups excluding carboxylic acids is 1. The van der Waals surface area contributed by atoms with E-state index in [1.165, 1.54) is 32.1 Å². The van der Waals surface area contributed by atoms with E-state index in [4.69, 9.17) is 10.5 Å². The molecule has 3 saturated carbocycles. The molecule has 0 radical (unpaired) electrons. The van der Waals surface area contributed by atoms with Gasteiger partial charge < -0.3 is 15.8 Å². The molecule has 21 heavy (non-hydrogen) atoms. The Balaban J connectivity index is 0.00000161. The number of hydrogen-bond acceptors (Lipinski definition) is 3. The van der Waals surface area contributed by atoms with E-state index < -0.39 is 0 Å². The fourth-order valence-electron chi connectivity index (χ4n) is 3.93. The molecule has 3 aliphatic rings. The first-order chi connectivity index (χ1) is 9.74. The van der Waals surface area contributed by atoms with E-state index >= 15 is 0 Å². The maximum Gasteiger partial charge on any atom is 0.223 e. The van der Waals surface area contributed by atoms with Crippen molar-refractivity contribution < 1.29 is 9.53 Å². The van der Waals surface area contributed by atoms with E-state index in [-0.39, 0.29) is 24.2 Å². The number of hydrogen-bond donors (Lipinski definition) is 2. The van der Waals surface area contributed by atoms with Gasteiger partial charge in [-0.05, 0) is 56.3 Å². The molecule has 0 spiro atoms. The number of halogens is 1. The van der Waals surface area contributed by atoms with Crippen LogP contribution in [-0.2, 0) is 9.53 Å². The molecule has 0 aliphatic heterocycles. The molecular formula is C16H29ClN2O2. The van der Waals surface area contributed by atoms with Crippen molar-refractivity contribution in [2.45, 2.75) is 51.0 Å². The van der Waals surface area contributed by atoms with E-state index in [1.807, 2.05) is 0 Å². The molecule has 0 aromatic rings. The molecule has 2 atom stereocenters. The van der Waals surface area contributed by atoms with Gasteiger partial charge in [0, 0.05) is 25.1 Å². The summed E-state index contributed by atoms with van der Waals surface area (Å²) in [6, 6.07) is 0.342. The van der Waals surface area contributed by atoms with Crippen LogP contribution in [0.25, 0.3) is 0 Å². The maximum atomic E-state index is 12.2. The first kappa shape index (κ1) is 17.0. The fraction of sp³-hybridized carbons (Fsp3) is 0.938. The zero-order valence-corrected chi connectivity index (χ0v) is 13.6. The van der Waals surface area contributed by atoms with Crippen molar-refractivity contribution in [2.75, 3.05) is 19.8 Å². The van der Waals surface area contributed by atoms with E-state index in [9.17, 15) is 4.79 Å². The number of carbonyl (C=O) groups is 1. The van der Waals surface area contributed by atoms with Crippen LogP contribution in [0, 0.1) is 23.7 Å². The third-order valence-corrected chi connectivity index (χ3v) is 5.38. The second-order valence-corrected chi connectivity index (χ2v) is 7.01. The number of fused-ring (bicyclic) bond motifs is 2. The number of nitrogens with two attached hydrogens (primary N) is 1. The second-order valence-electron chi connectivity index (χ2n) is 7.01. The van der Waals surface area contributed by atoms with Gasteiger partial charge in [0.25, 0.3) is 0 Å². The Morgan fingerprint density at radius 2 is 1.81 bits per heavy atom. The standard InChI is InChI=1S/C16H28N2O2.ClH/c17-15-12-2-1-3-13(15)9-14(8-12)16(19)18-6-7-20-10-11-4-5-11;/h11-15H,1-10,17H2,(H,18,19);1H. The smallest absolute Gasteiger partial charge is 0.223 e. The molecule has 3 rings (SSSR count). The van der Waals surface area contributed by atoms with Crippen molar-refractivity contribution in [3.05, 3.63) is 0 Å². The van der Waals surface area contributed by atoms with Crippen LogP contribution < -0.4 is 11.1 Å². The first-order valence-corrected chi connectivity index (χ1v) is 8.35. The Morgan fingerprint density at radius 3 is 2.43 bits per heavy atom. The Morgan fingerprint density at radius 1 is 1.14 bits per heavy atom. The normalized spacial score (nSPS) is 34.9. The van der Waals surface area contributed by atoms with Gasteiger partial charge >= 0.3 is 0 Å². The van der Waals surface area contributed by atoms with Gasteiger partial charge in [0.1, 0.15) is 0 Å². The average molecular weight is 317 g/mol. The van der Waals surface area contributed by atoms with Gasteiger partial charge in [-0.25, -0.2) is 0 Å². The molecule has 3 fully saturated rings. The van der Waals surface area contributed by atoms with Crippen molar-refractivity contribution in [3.63, 3.8) is 0 Å². The highest BCUT2D eigenvalue weighted by atomic mass is 35.5. The van der Waals surface area contributed by atoms with Gasteiger partial charge in [0.15, 0.2) is 0 Å². The summed E-state index contributed by atoms with van der Waals surface area (Å²) >= 11 is 0. The Hall–Kier alpha value is -0.320. The molecule has 3 aliphatic carbocycles. The molecule has 2 unspecified atom stereocenters. The summed E-state index contributed by atoms with van der Waals surface area (Å²) in [5, 5.41) is 3.05. The SMILES string of the molecule is Cl.NC1C2CCCC1CC(C(=O)NCCOCC1CC1)C2. The topological polar surface area (TPSA) is 64.4 Å². The monoisotopic (exact) mass is 316 g/mol. The zero-order chi connectivity index (χ0) is 13.9.